The number of halogens is 3. The van der Waals surface area contributed by atoms with Crippen LogP contribution in [-0.2, 0) is 32.1 Å². The Balaban J connectivity index is 1.54. The zero-order valence-corrected chi connectivity index (χ0v) is 18.9. The lowest BCUT2D eigenvalue weighted by molar-refractivity contribution is -0.137. The topological polar surface area (TPSA) is 90.9 Å². The van der Waals surface area contributed by atoms with Gasteiger partial charge in [0, 0.05) is 38.5 Å². The fourth-order valence-electron chi connectivity index (χ4n) is 3.65. The van der Waals surface area contributed by atoms with E-state index in [4.69, 9.17) is 0 Å². The summed E-state index contributed by atoms with van der Waals surface area (Å²) in [5.41, 5.74) is 0.145. The molecule has 11 heteroatoms. The van der Waals surface area contributed by atoms with Crippen molar-refractivity contribution in [3.05, 3.63) is 86.6 Å². The van der Waals surface area contributed by atoms with E-state index in [1.807, 2.05) is 0 Å². The molecule has 2 heterocycles. The van der Waals surface area contributed by atoms with Crippen molar-refractivity contribution < 1.29 is 18.0 Å². The molecular formula is C24H20F3N5O3. The van der Waals surface area contributed by atoms with Gasteiger partial charge in [0.25, 0.3) is 5.56 Å². The van der Waals surface area contributed by atoms with Crippen LogP contribution in [0, 0.1) is 0 Å². The summed E-state index contributed by atoms with van der Waals surface area (Å²) < 4.78 is 42.4. The number of rotatable bonds is 4. The van der Waals surface area contributed by atoms with Gasteiger partial charge in [-0.2, -0.15) is 13.2 Å². The molecule has 0 aliphatic heterocycles. The first-order valence-electron chi connectivity index (χ1n) is 10.4. The van der Waals surface area contributed by atoms with Gasteiger partial charge in [-0.3, -0.25) is 18.7 Å². The average molecular weight is 483 g/mol. The number of nitrogens with zero attached hydrogens (tertiary/aromatic N) is 4. The fourth-order valence-corrected chi connectivity index (χ4v) is 3.65. The first kappa shape index (κ1) is 23.7. The molecule has 35 heavy (non-hydrogen) atoms. The maximum atomic E-state index is 12.8. The molecule has 0 bridgehead atoms. The molecule has 0 radical (unpaired) electrons. The summed E-state index contributed by atoms with van der Waals surface area (Å²) in [6.07, 6.45) is -2.02. The summed E-state index contributed by atoms with van der Waals surface area (Å²) in [5.74, 6) is -0.0583. The van der Waals surface area contributed by atoms with E-state index in [-0.39, 0.29) is 16.7 Å². The molecule has 0 spiro atoms. The van der Waals surface area contributed by atoms with Crippen LogP contribution in [0.4, 0.5) is 18.9 Å². The third-order valence-corrected chi connectivity index (χ3v) is 5.53. The van der Waals surface area contributed by atoms with Crippen molar-refractivity contribution in [3.8, 4) is 11.4 Å². The first-order valence-corrected chi connectivity index (χ1v) is 10.4. The number of anilines is 1. The Bertz CT molecular complexity index is 1590. The SMILES string of the molecule is Cn1c(=O)c2c(nc(-c3ccc(NC(=O)/C=C/c4cccc(C(F)(F)F)c4)cc3)n2C)n(C)c1=O. The van der Waals surface area contributed by atoms with Gasteiger partial charge < -0.3 is 9.88 Å². The molecule has 0 saturated carbocycles. The molecule has 2 aromatic heterocycles. The van der Waals surface area contributed by atoms with Gasteiger partial charge in [-0.1, -0.05) is 12.1 Å². The Hall–Kier alpha value is -4.41. The molecule has 0 saturated heterocycles. The molecule has 180 valence electrons. The number of hydrogen-bond donors (Lipinski definition) is 1. The van der Waals surface area contributed by atoms with Crippen LogP contribution in [0.25, 0.3) is 28.6 Å². The number of nitrogens with one attached hydrogen (secondary N) is 1. The van der Waals surface area contributed by atoms with Crippen molar-refractivity contribution in [2.24, 2.45) is 21.1 Å². The molecule has 8 nitrogen and oxygen atoms in total. The highest BCUT2D eigenvalue weighted by Crippen LogP contribution is 2.29. The lowest BCUT2D eigenvalue weighted by Crippen LogP contribution is -2.37. The number of aromatic nitrogens is 4. The lowest BCUT2D eigenvalue weighted by atomic mass is 10.1. The number of aryl methyl sites for hydroxylation is 2. The van der Waals surface area contributed by atoms with Gasteiger partial charge in [-0.25, -0.2) is 9.78 Å². The third kappa shape index (κ3) is 4.52. The second kappa shape index (κ2) is 8.75. The Labute approximate surface area is 196 Å². The molecular weight excluding hydrogens is 463 g/mol. The highest BCUT2D eigenvalue weighted by molar-refractivity contribution is 6.02. The van der Waals surface area contributed by atoms with Crippen molar-refractivity contribution in [3.63, 3.8) is 0 Å². The molecule has 4 rings (SSSR count). The van der Waals surface area contributed by atoms with Crippen LogP contribution in [0.5, 0.6) is 0 Å². The maximum Gasteiger partial charge on any atom is 0.416 e. The maximum absolute atomic E-state index is 12.8. The summed E-state index contributed by atoms with van der Waals surface area (Å²) >= 11 is 0. The molecule has 2 aromatic carbocycles. The fraction of sp³-hybridized carbons (Fsp3) is 0.167. The zero-order chi connectivity index (χ0) is 25.5. The predicted octanol–water partition coefficient (Wildman–Crippen LogP) is 3.31. The number of amides is 1. The highest BCUT2D eigenvalue weighted by atomic mass is 19.4. The minimum absolute atomic E-state index is 0.243. The minimum Gasteiger partial charge on any atom is -0.323 e. The molecule has 0 aliphatic carbocycles. The second-order valence-corrected chi connectivity index (χ2v) is 7.90. The van der Waals surface area contributed by atoms with E-state index in [2.05, 4.69) is 10.3 Å². The standard InChI is InChI=1S/C24H20F3N5O3/c1-30-19-21(31(2)23(35)32(3)22(19)34)29-20(30)15-8-10-17(11-9-15)28-18(33)12-7-14-5-4-6-16(13-14)24(25,26)27/h4-13H,1-3H3,(H,28,33)/b12-7+. The van der Waals surface area contributed by atoms with Crippen molar-refractivity contribution in [2.75, 3.05) is 5.32 Å². The van der Waals surface area contributed by atoms with Crippen LogP contribution in [0.2, 0.25) is 0 Å². The molecule has 0 fully saturated rings. The van der Waals surface area contributed by atoms with Crippen LogP contribution in [0.1, 0.15) is 11.1 Å². The van der Waals surface area contributed by atoms with Gasteiger partial charge in [-0.05, 0) is 48.0 Å². The Morgan fingerprint density at radius 1 is 0.971 bits per heavy atom. The van der Waals surface area contributed by atoms with Crippen molar-refractivity contribution >= 4 is 28.8 Å². The summed E-state index contributed by atoms with van der Waals surface area (Å²) in [6.45, 7) is 0. The van der Waals surface area contributed by atoms with Gasteiger partial charge in [-0.15, -0.1) is 0 Å². The van der Waals surface area contributed by atoms with E-state index in [9.17, 15) is 27.6 Å². The quantitative estimate of drug-likeness (QED) is 0.451. The number of imidazole rings is 1. The largest absolute Gasteiger partial charge is 0.416 e. The Morgan fingerprint density at radius 3 is 2.31 bits per heavy atom. The van der Waals surface area contributed by atoms with E-state index >= 15 is 0 Å². The van der Waals surface area contributed by atoms with E-state index in [1.54, 1.807) is 35.9 Å². The zero-order valence-electron chi connectivity index (χ0n) is 18.9. The van der Waals surface area contributed by atoms with Gasteiger partial charge in [0.05, 0.1) is 5.56 Å². The summed E-state index contributed by atoms with van der Waals surface area (Å²) in [7, 11) is 4.60. The van der Waals surface area contributed by atoms with Crippen LogP contribution < -0.4 is 16.6 Å². The van der Waals surface area contributed by atoms with Gasteiger partial charge in [0.2, 0.25) is 5.91 Å². The number of fused-ring (bicyclic) bond motifs is 1. The summed E-state index contributed by atoms with van der Waals surface area (Å²) in [6, 6.07) is 11.3. The second-order valence-electron chi connectivity index (χ2n) is 7.90. The molecule has 1 amide bonds. The monoisotopic (exact) mass is 483 g/mol. The number of carbonyl (C=O) groups excluding carboxylic acids is 1. The van der Waals surface area contributed by atoms with E-state index < -0.39 is 28.9 Å². The predicted molar refractivity (Wildman–Crippen MR) is 126 cm³/mol. The van der Waals surface area contributed by atoms with E-state index in [0.29, 0.717) is 17.1 Å². The number of alkyl halides is 3. The van der Waals surface area contributed by atoms with Crippen LogP contribution in [-0.4, -0.2) is 24.6 Å². The average Bonchev–Trinajstić information content (AvgIpc) is 3.17. The number of carbonyl (C=O) groups is 1. The Morgan fingerprint density at radius 2 is 1.66 bits per heavy atom. The van der Waals surface area contributed by atoms with E-state index in [0.717, 1.165) is 22.8 Å². The van der Waals surface area contributed by atoms with Crippen LogP contribution in [0.3, 0.4) is 0 Å². The van der Waals surface area contributed by atoms with Gasteiger partial charge in [0.1, 0.15) is 5.82 Å². The lowest BCUT2D eigenvalue weighted by Gasteiger charge is -2.07. The molecule has 4 aromatic rings. The molecule has 1 N–H and O–H groups in total. The van der Waals surface area contributed by atoms with Crippen molar-refractivity contribution in [2.45, 2.75) is 6.18 Å². The van der Waals surface area contributed by atoms with Crippen molar-refractivity contribution in [1.29, 1.82) is 0 Å². The smallest absolute Gasteiger partial charge is 0.323 e. The Kier molecular flexibility index (Phi) is 5.93. The molecule has 0 atom stereocenters. The normalized spacial score (nSPS) is 11.9. The number of benzene rings is 2. The summed E-state index contributed by atoms with van der Waals surface area (Å²) in [4.78, 5) is 41.4. The molecule has 0 unspecified atom stereocenters. The van der Waals surface area contributed by atoms with Crippen molar-refractivity contribution in [1.82, 2.24) is 18.7 Å². The first-order chi connectivity index (χ1) is 16.5. The van der Waals surface area contributed by atoms with Crippen LogP contribution in [0.15, 0.2) is 64.2 Å². The minimum atomic E-state index is -4.46. The highest BCUT2D eigenvalue weighted by Gasteiger charge is 2.30. The third-order valence-electron chi connectivity index (χ3n) is 5.53. The number of hydrogen-bond acceptors (Lipinski definition) is 4. The van der Waals surface area contributed by atoms with Crippen LogP contribution >= 0.6 is 0 Å². The molecule has 0 aliphatic rings. The summed E-state index contributed by atoms with van der Waals surface area (Å²) in [5, 5.41) is 2.64. The van der Waals surface area contributed by atoms with Gasteiger partial charge >= 0.3 is 11.9 Å². The van der Waals surface area contributed by atoms with E-state index in [1.165, 1.54) is 36.9 Å². The van der Waals surface area contributed by atoms with Gasteiger partial charge in [0.15, 0.2) is 11.2 Å².